The Labute approximate surface area is 116 Å². The van der Waals surface area contributed by atoms with Crippen LogP contribution in [0.2, 0.25) is 0 Å². The van der Waals surface area contributed by atoms with Gasteiger partial charge in [0.15, 0.2) is 0 Å². The van der Waals surface area contributed by atoms with Crippen molar-refractivity contribution in [3.63, 3.8) is 0 Å². The summed E-state index contributed by atoms with van der Waals surface area (Å²) in [5.74, 6) is 1.04. The third-order valence-corrected chi connectivity index (χ3v) is 4.74. The number of piperidine rings is 1. The normalized spacial score (nSPS) is 33.4. The minimum atomic E-state index is 0.207. The zero-order valence-corrected chi connectivity index (χ0v) is 12.3. The minimum Gasteiger partial charge on any atom is -0.378 e. The molecule has 0 aromatic heterocycles. The van der Waals surface area contributed by atoms with Crippen molar-refractivity contribution >= 4 is 5.91 Å². The van der Waals surface area contributed by atoms with E-state index >= 15 is 0 Å². The Hall–Kier alpha value is -0.610. The van der Waals surface area contributed by atoms with Crippen molar-refractivity contribution in [2.75, 3.05) is 19.7 Å². The molecule has 1 amide bonds. The fourth-order valence-corrected chi connectivity index (χ4v) is 3.38. The molecule has 19 heavy (non-hydrogen) atoms. The molecule has 2 rings (SSSR count). The van der Waals surface area contributed by atoms with Gasteiger partial charge in [-0.1, -0.05) is 6.92 Å². The Morgan fingerprint density at radius 3 is 2.53 bits per heavy atom. The summed E-state index contributed by atoms with van der Waals surface area (Å²) in [5, 5.41) is 0. The molecule has 2 fully saturated rings. The van der Waals surface area contributed by atoms with E-state index in [-0.39, 0.29) is 12.0 Å². The highest BCUT2D eigenvalue weighted by atomic mass is 16.5. The molecule has 0 radical (unpaired) electrons. The number of nitrogens with zero attached hydrogens (tertiary/aromatic N) is 1. The van der Waals surface area contributed by atoms with Crippen molar-refractivity contribution in [3.8, 4) is 0 Å². The van der Waals surface area contributed by atoms with Gasteiger partial charge >= 0.3 is 0 Å². The number of carbonyl (C=O) groups excluding carboxylic acids is 1. The number of rotatable bonds is 3. The van der Waals surface area contributed by atoms with Crippen LogP contribution in [-0.4, -0.2) is 42.6 Å². The Balaban J connectivity index is 1.81. The van der Waals surface area contributed by atoms with Crippen LogP contribution in [0.25, 0.3) is 0 Å². The van der Waals surface area contributed by atoms with E-state index in [1.54, 1.807) is 0 Å². The minimum absolute atomic E-state index is 0.207. The van der Waals surface area contributed by atoms with Crippen molar-refractivity contribution in [3.05, 3.63) is 0 Å². The number of ether oxygens (including phenoxy) is 1. The van der Waals surface area contributed by atoms with E-state index in [2.05, 4.69) is 6.92 Å². The third kappa shape index (κ3) is 3.69. The predicted molar refractivity (Wildman–Crippen MR) is 75.7 cm³/mol. The first-order chi connectivity index (χ1) is 9.11. The lowest BCUT2D eigenvalue weighted by molar-refractivity contribution is -0.139. The topological polar surface area (TPSA) is 55.6 Å². The second kappa shape index (κ2) is 6.71. The van der Waals surface area contributed by atoms with Crippen LogP contribution in [0.1, 0.15) is 46.0 Å². The molecule has 3 unspecified atom stereocenters. The van der Waals surface area contributed by atoms with Crippen molar-refractivity contribution < 1.29 is 9.53 Å². The number of hydrogen-bond acceptors (Lipinski definition) is 3. The summed E-state index contributed by atoms with van der Waals surface area (Å²) in [7, 11) is 0. The van der Waals surface area contributed by atoms with E-state index in [0.29, 0.717) is 17.9 Å². The highest BCUT2D eigenvalue weighted by Gasteiger charge is 2.33. The lowest BCUT2D eigenvalue weighted by atomic mass is 9.78. The smallest absolute Gasteiger partial charge is 0.225 e. The SMILES string of the molecule is CCOC1CCN(C(=O)C2CCC(N)C(C)C2)CC1. The summed E-state index contributed by atoms with van der Waals surface area (Å²) in [6, 6.07) is 0.285. The first-order valence-electron chi connectivity index (χ1n) is 7.77. The van der Waals surface area contributed by atoms with Crippen LogP contribution in [0.3, 0.4) is 0 Å². The molecule has 1 aliphatic heterocycles. The quantitative estimate of drug-likeness (QED) is 0.849. The lowest BCUT2D eigenvalue weighted by Gasteiger charge is -2.37. The lowest BCUT2D eigenvalue weighted by Crippen LogP contribution is -2.46. The number of carbonyl (C=O) groups is 1. The van der Waals surface area contributed by atoms with Gasteiger partial charge in [-0.15, -0.1) is 0 Å². The van der Waals surface area contributed by atoms with Crippen molar-refractivity contribution in [2.45, 2.75) is 58.1 Å². The average molecular weight is 268 g/mol. The first kappa shape index (κ1) is 14.8. The summed E-state index contributed by atoms with van der Waals surface area (Å²) in [6.45, 7) is 6.70. The Morgan fingerprint density at radius 1 is 1.26 bits per heavy atom. The summed E-state index contributed by atoms with van der Waals surface area (Å²) in [4.78, 5) is 14.6. The monoisotopic (exact) mass is 268 g/mol. The van der Waals surface area contributed by atoms with Gasteiger partial charge in [-0.3, -0.25) is 4.79 Å². The van der Waals surface area contributed by atoms with E-state index in [1.165, 1.54) is 0 Å². The second-order valence-electron chi connectivity index (χ2n) is 6.13. The Bertz CT molecular complexity index is 301. The molecule has 0 bridgehead atoms. The average Bonchev–Trinajstić information content (AvgIpc) is 2.42. The van der Waals surface area contributed by atoms with Crippen LogP contribution < -0.4 is 5.73 Å². The van der Waals surface area contributed by atoms with Gasteiger partial charge < -0.3 is 15.4 Å². The fraction of sp³-hybridized carbons (Fsp3) is 0.933. The van der Waals surface area contributed by atoms with E-state index in [9.17, 15) is 4.79 Å². The molecular formula is C15H28N2O2. The van der Waals surface area contributed by atoms with Crippen LogP contribution >= 0.6 is 0 Å². The molecule has 1 saturated heterocycles. The van der Waals surface area contributed by atoms with Gasteiger partial charge in [0.05, 0.1) is 6.10 Å². The molecule has 0 aromatic carbocycles. The van der Waals surface area contributed by atoms with Crippen LogP contribution in [0.15, 0.2) is 0 Å². The van der Waals surface area contributed by atoms with Crippen LogP contribution in [0, 0.1) is 11.8 Å². The zero-order chi connectivity index (χ0) is 13.8. The van der Waals surface area contributed by atoms with Gasteiger partial charge in [0, 0.05) is 31.7 Å². The molecule has 1 heterocycles. The second-order valence-corrected chi connectivity index (χ2v) is 6.13. The zero-order valence-electron chi connectivity index (χ0n) is 12.3. The maximum absolute atomic E-state index is 12.5. The van der Waals surface area contributed by atoms with Crippen molar-refractivity contribution in [1.82, 2.24) is 4.90 Å². The summed E-state index contributed by atoms with van der Waals surface area (Å²) in [5.41, 5.74) is 6.03. The van der Waals surface area contributed by atoms with Crippen molar-refractivity contribution in [2.24, 2.45) is 17.6 Å². The molecule has 2 aliphatic rings. The maximum Gasteiger partial charge on any atom is 0.225 e. The Morgan fingerprint density at radius 2 is 1.95 bits per heavy atom. The summed E-state index contributed by atoms with van der Waals surface area (Å²) < 4.78 is 5.63. The van der Waals surface area contributed by atoms with Gasteiger partial charge in [-0.25, -0.2) is 0 Å². The number of nitrogens with two attached hydrogens (primary N) is 1. The third-order valence-electron chi connectivity index (χ3n) is 4.74. The molecule has 1 saturated carbocycles. The molecule has 0 aromatic rings. The maximum atomic E-state index is 12.5. The molecule has 1 aliphatic carbocycles. The summed E-state index contributed by atoms with van der Waals surface area (Å²) >= 11 is 0. The van der Waals surface area contributed by atoms with Crippen LogP contribution in [-0.2, 0) is 9.53 Å². The van der Waals surface area contributed by atoms with Gasteiger partial charge in [-0.05, 0) is 44.9 Å². The van der Waals surface area contributed by atoms with Crippen molar-refractivity contribution in [1.29, 1.82) is 0 Å². The molecule has 110 valence electrons. The summed E-state index contributed by atoms with van der Waals surface area (Å²) in [6.07, 6.45) is 5.25. The number of hydrogen-bond donors (Lipinski definition) is 1. The van der Waals surface area contributed by atoms with E-state index in [1.807, 2.05) is 11.8 Å². The molecule has 3 atom stereocenters. The highest BCUT2D eigenvalue weighted by molar-refractivity contribution is 5.79. The molecule has 2 N–H and O–H groups in total. The Kier molecular flexibility index (Phi) is 5.22. The fourth-order valence-electron chi connectivity index (χ4n) is 3.38. The largest absolute Gasteiger partial charge is 0.378 e. The predicted octanol–water partition coefficient (Wildman–Crippen LogP) is 1.78. The first-order valence-corrected chi connectivity index (χ1v) is 7.77. The van der Waals surface area contributed by atoms with Crippen LogP contribution in [0.4, 0.5) is 0 Å². The van der Waals surface area contributed by atoms with Gasteiger partial charge in [0.1, 0.15) is 0 Å². The van der Waals surface area contributed by atoms with Gasteiger partial charge in [-0.2, -0.15) is 0 Å². The molecule has 4 heteroatoms. The molecular weight excluding hydrogens is 240 g/mol. The number of amides is 1. The van der Waals surface area contributed by atoms with E-state index in [4.69, 9.17) is 10.5 Å². The highest BCUT2D eigenvalue weighted by Crippen LogP contribution is 2.30. The molecule has 0 spiro atoms. The van der Waals surface area contributed by atoms with Crippen LogP contribution in [0.5, 0.6) is 0 Å². The van der Waals surface area contributed by atoms with Gasteiger partial charge in [0.2, 0.25) is 5.91 Å². The van der Waals surface area contributed by atoms with Gasteiger partial charge in [0.25, 0.3) is 0 Å². The van der Waals surface area contributed by atoms with E-state index in [0.717, 1.165) is 51.8 Å². The number of likely N-dealkylation sites (tertiary alicyclic amines) is 1. The molecule has 4 nitrogen and oxygen atoms in total. The standard InChI is InChI=1S/C15H28N2O2/c1-3-19-13-6-8-17(9-7-13)15(18)12-4-5-14(16)11(2)10-12/h11-14H,3-10,16H2,1-2H3. The van der Waals surface area contributed by atoms with E-state index < -0.39 is 0 Å².